The summed E-state index contributed by atoms with van der Waals surface area (Å²) in [5.41, 5.74) is 4.62. The molecule has 0 radical (unpaired) electrons. The van der Waals surface area contributed by atoms with E-state index in [9.17, 15) is 0 Å². The van der Waals surface area contributed by atoms with Crippen LogP contribution in [0.25, 0.3) is 0 Å². The molecule has 110 valence electrons. The lowest BCUT2D eigenvalue weighted by molar-refractivity contribution is 0.920. The van der Waals surface area contributed by atoms with Crippen LogP contribution in [0.15, 0.2) is 29.2 Å². The first-order valence-electron chi connectivity index (χ1n) is 6.97. The predicted octanol–water partition coefficient (Wildman–Crippen LogP) is 3.41. The quantitative estimate of drug-likeness (QED) is 0.446. The summed E-state index contributed by atoms with van der Waals surface area (Å²) < 4.78 is 0. The van der Waals surface area contributed by atoms with Crippen LogP contribution in [-0.2, 0) is 0 Å². The van der Waals surface area contributed by atoms with E-state index < -0.39 is 0 Å². The first-order chi connectivity index (χ1) is 10.2. The molecule has 0 atom stereocenters. The molecule has 0 aliphatic heterocycles. The molecule has 1 aromatic heterocycles. The van der Waals surface area contributed by atoms with Crippen LogP contribution in [0.4, 0.5) is 17.3 Å². The van der Waals surface area contributed by atoms with Crippen molar-refractivity contribution in [2.75, 3.05) is 17.0 Å². The molecule has 0 unspecified atom stereocenters. The number of rotatable bonds is 5. The molecule has 4 N–H and O–H groups in total. The van der Waals surface area contributed by atoms with Crippen LogP contribution in [-0.4, -0.2) is 16.2 Å². The summed E-state index contributed by atoms with van der Waals surface area (Å²) in [7, 11) is 0. The van der Waals surface area contributed by atoms with Crippen LogP contribution in [0, 0.1) is 6.92 Å². The van der Waals surface area contributed by atoms with Crippen molar-refractivity contribution < 1.29 is 0 Å². The number of hydrogen-bond donors (Lipinski definition) is 3. The van der Waals surface area contributed by atoms with Gasteiger partial charge in [-0.05, 0) is 44.2 Å². The highest BCUT2D eigenvalue weighted by Crippen LogP contribution is 2.39. The molecule has 1 aliphatic carbocycles. The fourth-order valence-corrected chi connectivity index (χ4v) is 2.62. The maximum atomic E-state index is 5.58. The van der Waals surface area contributed by atoms with Crippen LogP contribution in [0.5, 0.6) is 0 Å². The van der Waals surface area contributed by atoms with Crippen LogP contribution in [0.3, 0.4) is 0 Å². The summed E-state index contributed by atoms with van der Waals surface area (Å²) in [6.07, 6.45) is 4.39. The second-order valence-corrected chi connectivity index (χ2v) is 6.06. The second-order valence-electron chi connectivity index (χ2n) is 5.18. The van der Waals surface area contributed by atoms with Gasteiger partial charge >= 0.3 is 0 Å². The lowest BCUT2D eigenvalue weighted by Gasteiger charge is -2.14. The molecule has 0 spiro atoms. The zero-order valence-electron chi connectivity index (χ0n) is 12.2. The topological polar surface area (TPSA) is 75.9 Å². The van der Waals surface area contributed by atoms with Gasteiger partial charge < -0.3 is 10.7 Å². The lowest BCUT2D eigenvalue weighted by atomic mass is 10.2. The number of thioether (sulfide) groups is 1. The Kier molecular flexibility index (Phi) is 3.98. The van der Waals surface area contributed by atoms with E-state index in [2.05, 4.69) is 39.1 Å². The van der Waals surface area contributed by atoms with Crippen molar-refractivity contribution in [1.82, 2.24) is 9.97 Å². The Morgan fingerprint density at radius 3 is 2.67 bits per heavy atom. The van der Waals surface area contributed by atoms with Gasteiger partial charge in [-0.3, -0.25) is 0 Å². The van der Waals surface area contributed by atoms with Gasteiger partial charge in [0.2, 0.25) is 0 Å². The van der Waals surface area contributed by atoms with Gasteiger partial charge in [-0.2, -0.15) is 0 Å². The molecule has 21 heavy (non-hydrogen) atoms. The van der Waals surface area contributed by atoms with E-state index in [4.69, 9.17) is 5.84 Å². The highest BCUT2D eigenvalue weighted by Gasteiger charge is 2.28. The Morgan fingerprint density at radius 1 is 1.24 bits per heavy atom. The Balaban J connectivity index is 1.94. The average Bonchev–Trinajstić information content (AvgIpc) is 3.34. The standard InChI is InChI=1S/C15H19N5S/c1-9-13(17-11-4-3-5-12(8-11)21-2)18-15(10-6-7-10)19-14(9)20-16/h3-5,8,10H,6-7,16H2,1-2H3,(H2,17,18,19,20). The normalized spacial score (nSPS) is 14.0. The molecule has 0 bridgehead atoms. The highest BCUT2D eigenvalue weighted by molar-refractivity contribution is 7.98. The number of hydrogen-bond acceptors (Lipinski definition) is 6. The molecule has 0 saturated heterocycles. The number of nitrogens with zero attached hydrogens (tertiary/aromatic N) is 2. The predicted molar refractivity (Wildman–Crippen MR) is 88.1 cm³/mol. The van der Waals surface area contributed by atoms with Crippen LogP contribution in [0.1, 0.15) is 30.1 Å². The van der Waals surface area contributed by atoms with Gasteiger partial charge in [0.1, 0.15) is 17.5 Å². The summed E-state index contributed by atoms with van der Waals surface area (Å²) >= 11 is 1.72. The first-order valence-corrected chi connectivity index (χ1v) is 8.20. The van der Waals surface area contributed by atoms with Crippen molar-refractivity contribution in [3.05, 3.63) is 35.7 Å². The minimum Gasteiger partial charge on any atom is -0.340 e. The van der Waals surface area contributed by atoms with Gasteiger partial charge in [0.25, 0.3) is 0 Å². The van der Waals surface area contributed by atoms with E-state index >= 15 is 0 Å². The van der Waals surface area contributed by atoms with Gasteiger partial charge in [0, 0.05) is 22.1 Å². The maximum absolute atomic E-state index is 5.58. The summed E-state index contributed by atoms with van der Waals surface area (Å²) in [6.45, 7) is 1.96. The number of hydrazine groups is 1. The number of nitrogens with one attached hydrogen (secondary N) is 2. The molecule has 1 fully saturated rings. The number of benzene rings is 1. The fraction of sp³-hybridized carbons (Fsp3) is 0.333. The van der Waals surface area contributed by atoms with Crippen molar-refractivity contribution in [3.63, 3.8) is 0 Å². The molecular formula is C15H19N5S. The molecule has 0 amide bonds. The van der Waals surface area contributed by atoms with Gasteiger partial charge in [-0.15, -0.1) is 11.8 Å². The monoisotopic (exact) mass is 301 g/mol. The minimum absolute atomic E-state index is 0.482. The SMILES string of the molecule is CSc1cccc(Nc2nc(C3CC3)nc(NN)c2C)c1. The number of nitrogen functional groups attached to an aromatic ring is 1. The molecule has 3 rings (SSSR count). The van der Waals surface area contributed by atoms with Gasteiger partial charge in [0.15, 0.2) is 0 Å². The van der Waals surface area contributed by atoms with Crippen LogP contribution < -0.4 is 16.6 Å². The summed E-state index contributed by atoms with van der Waals surface area (Å²) in [4.78, 5) is 10.4. The third-order valence-corrected chi connectivity index (χ3v) is 4.30. The fourth-order valence-electron chi connectivity index (χ4n) is 2.16. The van der Waals surface area contributed by atoms with Gasteiger partial charge in [-0.1, -0.05) is 6.07 Å². The van der Waals surface area contributed by atoms with Crippen molar-refractivity contribution in [2.45, 2.75) is 30.6 Å². The van der Waals surface area contributed by atoms with E-state index in [1.54, 1.807) is 11.8 Å². The van der Waals surface area contributed by atoms with E-state index in [0.29, 0.717) is 11.7 Å². The molecule has 2 aromatic rings. The number of nitrogens with two attached hydrogens (primary N) is 1. The first kappa shape index (κ1) is 14.2. The van der Waals surface area contributed by atoms with E-state index in [0.717, 1.165) is 35.7 Å². The van der Waals surface area contributed by atoms with Gasteiger partial charge in [0.05, 0.1) is 0 Å². The summed E-state index contributed by atoms with van der Waals surface area (Å²) in [5, 5.41) is 3.38. The number of anilines is 3. The summed E-state index contributed by atoms with van der Waals surface area (Å²) in [5.74, 6) is 8.44. The molecule has 1 heterocycles. The smallest absolute Gasteiger partial charge is 0.148 e. The van der Waals surface area contributed by atoms with E-state index in [-0.39, 0.29) is 0 Å². The molecule has 1 saturated carbocycles. The lowest BCUT2D eigenvalue weighted by Crippen LogP contribution is -2.13. The zero-order chi connectivity index (χ0) is 14.8. The average molecular weight is 301 g/mol. The van der Waals surface area contributed by atoms with Gasteiger partial charge in [-0.25, -0.2) is 15.8 Å². The van der Waals surface area contributed by atoms with Crippen molar-refractivity contribution >= 4 is 29.1 Å². The van der Waals surface area contributed by atoms with Crippen molar-refractivity contribution in [2.24, 2.45) is 5.84 Å². The van der Waals surface area contributed by atoms with Crippen LogP contribution >= 0.6 is 11.8 Å². The van der Waals surface area contributed by atoms with Crippen molar-refractivity contribution in [3.8, 4) is 0 Å². The minimum atomic E-state index is 0.482. The Hall–Kier alpha value is -1.79. The molecular weight excluding hydrogens is 282 g/mol. The maximum Gasteiger partial charge on any atom is 0.148 e. The van der Waals surface area contributed by atoms with Crippen LogP contribution in [0.2, 0.25) is 0 Å². The zero-order valence-corrected chi connectivity index (χ0v) is 13.0. The van der Waals surface area contributed by atoms with Crippen molar-refractivity contribution in [1.29, 1.82) is 0 Å². The highest BCUT2D eigenvalue weighted by atomic mass is 32.2. The third kappa shape index (κ3) is 3.11. The molecule has 5 nitrogen and oxygen atoms in total. The number of aromatic nitrogens is 2. The molecule has 1 aromatic carbocycles. The third-order valence-electron chi connectivity index (χ3n) is 3.57. The molecule has 6 heteroatoms. The largest absolute Gasteiger partial charge is 0.340 e. The summed E-state index contributed by atoms with van der Waals surface area (Å²) in [6, 6.07) is 8.27. The molecule has 1 aliphatic rings. The van der Waals surface area contributed by atoms with E-state index in [1.807, 2.05) is 19.1 Å². The van der Waals surface area contributed by atoms with E-state index in [1.165, 1.54) is 4.90 Å². The Labute approximate surface area is 128 Å². The Bertz CT molecular complexity index is 655. The second kappa shape index (κ2) is 5.91. The Morgan fingerprint density at radius 2 is 2.00 bits per heavy atom.